The van der Waals surface area contributed by atoms with Crippen molar-refractivity contribution >= 4 is 63.6 Å². The molecule has 0 saturated carbocycles. The van der Waals surface area contributed by atoms with E-state index in [4.69, 9.17) is 0 Å². The number of rotatable bonds is 5. The van der Waals surface area contributed by atoms with Crippen LogP contribution in [0.5, 0.6) is 0 Å². The number of aromatic amines is 1. The summed E-state index contributed by atoms with van der Waals surface area (Å²) < 4.78 is 0. The number of H-pyrrole nitrogens is 1. The smallest absolute Gasteiger partial charge is 0.323 e. The van der Waals surface area contributed by atoms with Crippen LogP contribution in [0.3, 0.4) is 0 Å². The van der Waals surface area contributed by atoms with Gasteiger partial charge in [-0.1, -0.05) is 48.5 Å². The number of fused-ring (bicyclic) bond motifs is 3. The molecule has 0 atom stereocenters. The van der Waals surface area contributed by atoms with Crippen LogP contribution in [-0.4, -0.2) is 28.6 Å². The van der Waals surface area contributed by atoms with Gasteiger partial charge in [0, 0.05) is 39.0 Å². The lowest BCUT2D eigenvalue weighted by Crippen LogP contribution is -2.34. The van der Waals surface area contributed by atoms with Gasteiger partial charge in [0.05, 0.1) is 29.0 Å². The van der Waals surface area contributed by atoms with Gasteiger partial charge in [0.15, 0.2) is 0 Å². The fraction of sp³-hybridized carbons (Fsp3) is 0.0625. The summed E-state index contributed by atoms with van der Waals surface area (Å²) in [6.07, 6.45) is 3.28. The molecule has 200 valence electrons. The van der Waals surface area contributed by atoms with Gasteiger partial charge in [-0.3, -0.25) is 9.59 Å². The van der Waals surface area contributed by atoms with E-state index in [1.807, 2.05) is 84.9 Å². The zero-order chi connectivity index (χ0) is 27.9. The minimum Gasteiger partial charge on any atom is -0.359 e. The van der Waals surface area contributed by atoms with E-state index in [-0.39, 0.29) is 11.8 Å². The van der Waals surface area contributed by atoms with E-state index < -0.39 is 6.03 Å². The second kappa shape index (κ2) is 10.1. The lowest BCUT2D eigenvalue weighted by atomic mass is 10.0. The van der Waals surface area contributed by atoms with Gasteiger partial charge in [0.1, 0.15) is 0 Å². The Kier molecular flexibility index (Phi) is 6.13. The average molecular weight is 558 g/mol. The Morgan fingerprint density at radius 3 is 2.63 bits per heavy atom. The van der Waals surface area contributed by atoms with Crippen LogP contribution in [0.4, 0.5) is 21.9 Å². The highest BCUT2D eigenvalue weighted by atomic mass is 32.2. The van der Waals surface area contributed by atoms with Crippen LogP contribution in [0.1, 0.15) is 5.56 Å². The van der Waals surface area contributed by atoms with Crippen molar-refractivity contribution in [3.63, 3.8) is 0 Å². The van der Waals surface area contributed by atoms with Gasteiger partial charge in [-0.2, -0.15) is 0 Å². The SMILES string of the molecule is O=C1C=c2ccc(-c3ccc4[nH]cc(NC(=O)Nc5ccc6c(c5)N(Cc5ccccc5)C(=O)CS6)c4c3)cc2=N1. The molecule has 1 aromatic heterocycles. The lowest BCUT2D eigenvalue weighted by Gasteiger charge is -2.29. The molecular formula is C32H23N5O3S. The van der Waals surface area contributed by atoms with Gasteiger partial charge < -0.3 is 20.5 Å². The van der Waals surface area contributed by atoms with Crippen molar-refractivity contribution in [3.8, 4) is 11.1 Å². The molecule has 9 heteroatoms. The van der Waals surface area contributed by atoms with Crippen LogP contribution in [0, 0.1) is 0 Å². The van der Waals surface area contributed by atoms with E-state index in [1.165, 1.54) is 17.8 Å². The summed E-state index contributed by atoms with van der Waals surface area (Å²) >= 11 is 1.50. The van der Waals surface area contributed by atoms with Crippen molar-refractivity contribution in [2.24, 2.45) is 4.99 Å². The molecule has 7 rings (SSSR count). The summed E-state index contributed by atoms with van der Waals surface area (Å²) in [6, 6.07) is 26.7. The number of carbonyl (C=O) groups excluding carboxylic acids is 3. The van der Waals surface area contributed by atoms with Crippen LogP contribution in [-0.2, 0) is 16.1 Å². The summed E-state index contributed by atoms with van der Waals surface area (Å²) in [5, 5.41) is 8.18. The molecule has 41 heavy (non-hydrogen) atoms. The molecule has 4 aromatic carbocycles. The molecule has 2 aliphatic heterocycles. The molecule has 5 aromatic rings. The number of carbonyl (C=O) groups is 3. The van der Waals surface area contributed by atoms with Crippen molar-refractivity contribution in [2.75, 3.05) is 21.3 Å². The standard InChI is InChI=1S/C32H23N5O3S/c38-30-14-22-7-6-21(13-26(22)35-30)20-8-10-25-24(12-20)27(16-33-25)36-32(40)34-23-9-11-29-28(15-23)37(31(39)18-41-29)17-19-4-2-1-3-5-19/h1-16,33H,17-18H2,(H2,34,36,40). The number of nitrogens with zero attached hydrogens (tertiary/aromatic N) is 2. The number of benzene rings is 4. The number of hydrogen-bond acceptors (Lipinski definition) is 4. The molecular weight excluding hydrogens is 534 g/mol. The van der Waals surface area contributed by atoms with Gasteiger partial charge in [0.2, 0.25) is 5.91 Å². The normalized spacial score (nSPS) is 13.8. The molecule has 2 aliphatic rings. The van der Waals surface area contributed by atoms with Gasteiger partial charge >= 0.3 is 6.03 Å². The predicted octanol–water partition coefficient (Wildman–Crippen LogP) is 5.06. The Bertz CT molecular complexity index is 2000. The first-order valence-electron chi connectivity index (χ1n) is 13.1. The lowest BCUT2D eigenvalue weighted by molar-refractivity contribution is -0.116. The topological polar surface area (TPSA) is 107 Å². The molecule has 0 saturated heterocycles. The fourth-order valence-electron chi connectivity index (χ4n) is 5.13. The summed E-state index contributed by atoms with van der Waals surface area (Å²) in [5.74, 6) is 0.167. The highest BCUT2D eigenvalue weighted by Gasteiger charge is 2.25. The van der Waals surface area contributed by atoms with E-state index in [0.717, 1.165) is 43.4 Å². The highest BCUT2D eigenvalue weighted by Crippen LogP contribution is 2.38. The van der Waals surface area contributed by atoms with Gasteiger partial charge in [0.25, 0.3) is 5.91 Å². The number of anilines is 3. The molecule has 0 fully saturated rings. The van der Waals surface area contributed by atoms with Crippen LogP contribution in [0.25, 0.3) is 28.1 Å². The van der Waals surface area contributed by atoms with Gasteiger partial charge in [-0.15, -0.1) is 11.8 Å². The van der Waals surface area contributed by atoms with E-state index in [9.17, 15) is 14.4 Å². The number of amides is 4. The maximum absolute atomic E-state index is 13.1. The number of hydrogen-bond donors (Lipinski definition) is 3. The zero-order valence-electron chi connectivity index (χ0n) is 21.7. The summed E-state index contributed by atoms with van der Waals surface area (Å²) in [5.41, 5.74) is 5.77. The average Bonchev–Trinajstić information content (AvgIpc) is 3.56. The molecule has 0 unspecified atom stereocenters. The summed E-state index contributed by atoms with van der Waals surface area (Å²) in [7, 11) is 0. The largest absolute Gasteiger partial charge is 0.359 e. The molecule has 0 aliphatic carbocycles. The summed E-state index contributed by atoms with van der Waals surface area (Å²) in [4.78, 5) is 47.6. The van der Waals surface area contributed by atoms with Crippen molar-refractivity contribution in [1.29, 1.82) is 0 Å². The first-order chi connectivity index (χ1) is 20.0. The molecule has 0 radical (unpaired) electrons. The monoisotopic (exact) mass is 557 g/mol. The summed E-state index contributed by atoms with van der Waals surface area (Å²) in [6.45, 7) is 0.466. The first-order valence-corrected chi connectivity index (χ1v) is 14.0. The highest BCUT2D eigenvalue weighted by molar-refractivity contribution is 8.00. The maximum atomic E-state index is 13.1. The van der Waals surface area contributed by atoms with Crippen molar-refractivity contribution in [1.82, 2.24) is 4.98 Å². The third-order valence-corrected chi connectivity index (χ3v) is 8.19. The molecule has 0 bridgehead atoms. The van der Waals surface area contributed by atoms with Crippen LogP contribution in [0.15, 0.2) is 101 Å². The first kappa shape index (κ1) is 24.9. The fourth-order valence-corrected chi connectivity index (χ4v) is 6.05. The van der Waals surface area contributed by atoms with Crippen molar-refractivity contribution < 1.29 is 14.4 Å². The van der Waals surface area contributed by atoms with Crippen LogP contribution >= 0.6 is 11.8 Å². The second-order valence-corrected chi connectivity index (χ2v) is 10.9. The minimum absolute atomic E-state index is 0.0318. The van der Waals surface area contributed by atoms with E-state index >= 15 is 0 Å². The molecule has 0 spiro atoms. The Balaban J connectivity index is 1.12. The number of urea groups is 1. The Morgan fingerprint density at radius 2 is 1.76 bits per heavy atom. The Hall–Kier alpha value is -5.15. The molecule has 3 heterocycles. The van der Waals surface area contributed by atoms with Crippen LogP contribution < -0.4 is 26.1 Å². The minimum atomic E-state index is -0.397. The number of thioether (sulfide) groups is 1. The van der Waals surface area contributed by atoms with Crippen molar-refractivity contribution in [2.45, 2.75) is 11.4 Å². The third kappa shape index (κ3) is 4.87. The van der Waals surface area contributed by atoms with Gasteiger partial charge in [-0.25, -0.2) is 9.79 Å². The second-order valence-electron chi connectivity index (χ2n) is 9.85. The zero-order valence-corrected chi connectivity index (χ0v) is 22.5. The van der Waals surface area contributed by atoms with E-state index in [2.05, 4.69) is 20.6 Å². The predicted molar refractivity (Wildman–Crippen MR) is 161 cm³/mol. The quantitative estimate of drug-likeness (QED) is 0.281. The van der Waals surface area contributed by atoms with Gasteiger partial charge in [-0.05, 0) is 53.1 Å². The molecule has 3 N–H and O–H groups in total. The number of nitrogens with one attached hydrogen (secondary N) is 3. The molecule has 4 amide bonds. The number of aromatic nitrogens is 1. The third-order valence-electron chi connectivity index (χ3n) is 7.15. The Labute approximate surface area is 238 Å². The Morgan fingerprint density at radius 1 is 0.927 bits per heavy atom. The molecule has 8 nitrogen and oxygen atoms in total. The van der Waals surface area contributed by atoms with Crippen molar-refractivity contribution in [3.05, 3.63) is 107 Å². The maximum Gasteiger partial charge on any atom is 0.323 e. The van der Waals surface area contributed by atoms with E-state index in [1.54, 1.807) is 11.1 Å². The van der Waals surface area contributed by atoms with Crippen LogP contribution in [0.2, 0.25) is 0 Å². The van der Waals surface area contributed by atoms with E-state index in [0.29, 0.717) is 29.0 Å².